The third-order valence-corrected chi connectivity index (χ3v) is 5.63. The normalized spacial score (nSPS) is 15.8. The molecule has 9 heteroatoms. The number of hydrogen-bond acceptors (Lipinski definition) is 4. The highest BCUT2D eigenvalue weighted by molar-refractivity contribution is 14.0. The van der Waals surface area contributed by atoms with Gasteiger partial charge in [0.05, 0.1) is 17.9 Å². The van der Waals surface area contributed by atoms with Crippen molar-refractivity contribution < 1.29 is 4.79 Å². The molecule has 0 saturated carbocycles. The molecule has 1 aromatic carbocycles. The van der Waals surface area contributed by atoms with Crippen LogP contribution >= 0.6 is 24.0 Å². The summed E-state index contributed by atoms with van der Waals surface area (Å²) >= 11 is 0. The molecule has 1 amide bonds. The van der Waals surface area contributed by atoms with Gasteiger partial charge in [0.25, 0.3) is 0 Å². The molecule has 0 aliphatic carbocycles. The van der Waals surface area contributed by atoms with E-state index in [2.05, 4.69) is 58.4 Å². The highest BCUT2D eigenvalue weighted by Gasteiger charge is 2.28. The zero-order valence-electron chi connectivity index (χ0n) is 18.9. The van der Waals surface area contributed by atoms with E-state index < -0.39 is 0 Å². The number of rotatable bonds is 7. The minimum atomic E-state index is 0. The number of aliphatic imine (C=N–C) groups is 1. The van der Waals surface area contributed by atoms with Gasteiger partial charge in [0.2, 0.25) is 5.91 Å². The van der Waals surface area contributed by atoms with Gasteiger partial charge < -0.3 is 15.1 Å². The molecule has 0 radical (unpaired) electrons. The summed E-state index contributed by atoms with van der Waals surface area (Å²) in [5.74, 6) is 0.822. The van der Waals surface area contributed by atoms with Gasteiger partial charge in [0.15, 0.2) is 5.96 Å². The maximum absolute atomic E-state index is 12.8. The number of carbonyl (C=O) groups excluding carboxylic acids is 1. The average molecular weight is 539 g/mol. The second-order valence-corrected chi connectivity index (χ2v) is 7.41. The van der Waals surface area contributed by atoms with Crippen molar-refractivity contribution in [1.29, 1.82) is 0 Å². The lowest BCUT2D eigenvalue weighted by Crippen LogP contribution is -2.56. The molecule has 1 N–H and O–H groups in total. The van der Waals surface area contributed by atoms with Crippen LogP contribution in [0, 0.1) is 0 Å². The number of carbonyl (C=O) groups is 1. The van der Waals surface area contributed by atoms with Crippen LogP contribution in [0.25, 0.3) is 0 Å². The van der Waals surface area contributed by atoms with Crippen LogP contribution in [0.4, 0.5) is 5.69 Å². The monoisotopic (exact) mass is 539 g/mol. The van der Waals surface area contributed by atoms with E-state index in [0.29, 0.717) is 13.1 Å². The van der Waals surface area contributed by atoms with Crippen molar-refractivity contribution in [1.82, 2.24) is 24.9 Å². The summed E-state index contributed by atoms with van der Waals surface area (Å²) in [7, 11) is 3.63. The Morgan fingerprint density at radius 3 is 2.48 bits per heavy atom. The summed E-state index contributed by atoms with van der Waals surface area (Å²) in [4.78, 5) is 23.5. The molecule has 1 atom stereocenters. The number of likely N-dealkylation sites (N-methyl/N-ethyl adjacent to an activating group) is 1. The molecule has 31 heavy (non-hydrogen) atoms. The van der Waals surface area contributed by atoms with E-state index in [-0.39, 0.29) is 35.9 Å². The molecule has 2 heterocycles. The van der Waals surface area contributed by atoms with Gasteiger partial charge in [-0.3, -0.25) is 19.4 Å². The topological polar surface area (TPSA) is 69.0 Å². The zero-order valence-corrected chi connectivity index (χ0v) is 21.2. The van der Waals surface area contributed by atoms with Crippen LogP contribution in [-0.2, 0) is 11.8 Å². The van der Waals surface area contributed by atoms with Crippen LogP contribution in [0.3, 0.4) is 0 Å². The van der Waals surface area contributed by atoms with Gasteiger partial charge in [-0.2, -0.15) is 5.10 Å². The Bertz CT molecular complexity index is 851. The fourth-order valence-electron chi connectivity index (χ4n) is 3.99. The predicted octanol–water partition coefficient (Wildman–Crippen LogP) is 2.35. The minimum absolute atomic E-state index is 0. The number of aromatic nitrogens is 2. The van der Waals surface area contributed by atoms with Gasteiger partial charge in [-0.1, -0.05) is 44.2 Å². The highest BCUT2D eigenvalue weighted by atomic mass is 127. The molecule has 0 spiro atoms. The van der Waals surface area contributed by atoms with Crippen molar-refractivity contribution in [3.8, 4) is 0 Å². The summed E-state index contributed by atoms with van der Waals surface area (Å²) in [6, 6.07) is 10.8. The number of hydrogen-bond donors (Lipinski definition) is 1. The smallest absolute Gasteiger partial charge is 0.246 e. The number of aryl methyl sites for hydroxylation is 1. The Hall–Kier alpha value is -2.14. The predicted molar refractivity (Wildman–Crippen MR) is 136 cm³/mol. The van der Waals surface area contributed by atoms with Gasteiger partial charge in [-0.25, -0.2) is 0 Å². The van der Waals surface area contributed by atoms with Crippen molar-refractivity contribution in [3.05, 3.63) is 48.3 Å². The molecule has 1 fully saturated rings. The standard InChI is InChI=1S/C22H33N7O.HI/c1-5-27(6-2)20(18-10-8-7-9-11-18)15-24-22(23-3)28-12-13-29(21(30)17-28)19-14-25-26(4)16-19;/h7-11,14,16,20H,5-6,12-13,15,17H2,1-4H3,(H,23,24);1H. The van der Waals surface area contributed by atoms with Crippen LogP contribution in [0.2, 0.25) is 0 Å². The number of halogens is 1. The minimum Gasteiger partial charge on any atom is -0.354 e. The molecule has 3 rings (SSSR count). The molecule has 0 bridgehead atoms. The summed E-state index contributed by atoms with van der Waals surface area (Å²) in [6.07, 6.45) is 3.60. The Morgan fingerprint density at radius 2 is 1.94 bits per heavy atom. The highest BCUT2D eigenvalue weighted by Crippen LogP contribution is 2.20. The van der Waals surface area contributed by atoms with Gasteiger partial charge in [0, 0.05) is 39.9 Å². The SMILES string of the molecule is CCN(CC)C(CNC(=NC)N1CCN(c2cnn(C)c2)C(=O)C1)c1ccccc1.I. The lowest BCUT2D eigenvalue weighted by Gasteiger charge is -2.36. The number of guanidine groups is 1. The zero-order chi connectivity index (χ0) is 21.5. The Morgan fingerprint density at radius 1 is 1.23 bits per heavy atom. The first-order valence-electron chi connectivity index (χ1n) is 10.6. The first-order valence-corrected chi connectivity index (χ1v) is 10.6. The van der Waals surface area contributed by atoms with Crippen molar-refractivity contribution in [2.45, 2.75) is 19.9 Å². The summed E-state index contributed by atoms with van der Waals surface area (Å²) < 4.78 is 1.71. The van der Waals surface area contributed by atoms with Crippen LogP contribution in [0.1, 0.15) is 25.5 Å². The van der Waals surface area contributed by atoms with E-state index >= 15 is 0 Å². The van der Waals surface area contributed by atoms with Crippen molar-refractivity contribution >= 4 is 41.5 Å². The van der Waals surface area contributed by atoms with E-state index in [9.17, 15) is 4.79 Å². The molecule has 1 saturated heterocycles. The molecule has 1 aromatic heterocycles. The lowest BCUT2D eigenvalue weighted by molar-refractivity contribution is -0.120. The van der Waals surface area contributed by atoms with Gasteiger partial charge in [0.1, 0.15) is 6.54 Å². The Kier molecular flexibility index (Phi) is 9.76. The largest absolute Gasteiger partial charge is 0.354 e. The molecular weight excluding hydrogens is 505 g/mol. The number of nitrogens with one attached hydrogen (secondary N) is 1. The molecule has 8 nitrogen and oxygen atoms in total. The van der Waals surface area contributed by atoms with E-state index in [1.54, 1.807) is 22.8 Å². The molecular formula is C22H34IN7O. The second-order valence-electron chi connectivity index (χ2n) is 7.41. The van der Waals surface area contributed by atoms with Crippen molar-refractivity contribution in [3.63, 3.8) is 0 Å². The van der Waals surface area contributed by atoms with Gasteiger partial charge in [-0.15, -0.1) is 24.0 Å². The number of benzene rings is 1. The van der Waals surface area contributed by atoms with Crippen LogP contribution in [0.5, 0.6) is 0 Å². The number of piperazine rings is 1. The molecule has 1 aliphatic heterocycles. The number of nitrogens with zero attached hydrogens (tertiary/aromatic N) is 6. The Labute approximate surface area is 202 Å². The third kappa shape index (κ3) is 6.19. The average Bonchev–Trinajstić information content (AvgIpc) is 3.20. The van der Waals surface area contributed by atoms with Gasteiger partial charge >= 0.3 is 0 Å². The summed E-state index contributed by atoms with van der Waals surface area (Å²) in [5.41, 5.74) is 2.12. The summed E-state index contributed by atoms with van der Waals surface area (Å²) in [6.45, 7) is 8.68. The molecule has 1 aliphatic rings. The molecule has 2 aromatic rings. The number of anilines is 1. The second kappa shape index (κ2) is 12.0. The summed E-state index contributed by atoms with van der Waals surface area (Å²) in [5, 5.41) is 7.69. The van der Waals surface area contributed by atoms with E-state index in [4.69, 9.17) is 0 Å². The van der Waals surface area contributed by atoms with E-state index in [1.165, 1.54) is 5.56 Å². The quantitative estimate of drug-likeness (QED) is 0.333. The van der Waals surface area contributed by atoms with Crippen molar-refractivity contribution in [2.75, 3.05) is 51.2 Å². The van der Waals surface area contributed by atoms with Crippen LogP contribution in [-0.4, -0.2) is 77.8 Å². The Balaban J connectivity index is 0.00000341. The first-order chi connectivity index (χ1) is 14.6. The van der Waals surface area contributed by atoms with Crippen molar-refractivity contribution in [2.24, 2.45) is 12.0 Å². The van der Waals surface area contributed by atoms with E-state index in [1.807, 2.05) is 24.2 Å². The van der Waals surface area contributed by atoms with Crippen LogP contribution < -0.4 is 10.2 Å². The third-order valence-electron chi connectivity index (χ3n) is 5.63. The fraction of sp³-hybridized carbons (Fsp3) is 0.500. The fourth-order valence-corrected chi connectivity index (χ4v) is 3.99. The van der Waals surface area contributed by atoms with E-state index in [0.717, 1.165) is 37.8 Å². The lowest BCUT2D eigenvalue weighted by atomic mass is 10.1. The maximum Gasteiger partial charge on any atom is 0.246 e. The van der Waals surface area contributed by atoms with Gasteiger partial charge in [-0.05, 0) is 18.7 Å². The first kappa shape index (κ1) is 25.1. The number of amides is 1. The molecule has 1 unspecified atom stereocenters. The van der Waals surface area contributed by atoms with Crippen LogP contribution in [0.15, 0.2) is 47.7 Å². The molecule has 170 valence electrons. The maximum atomic E-state index is 12.8.